The Balaban J connectivity index is 1.40. The van der Waals surface area contributed by atoms with Gasteiger partial charge in [0.2, 0.25) is 5.95 Å². The lowest BCUT2D eigenvalue weighted by Crippen LogP contribution is -2.34. The zero-order valence-electron chi connectivity index (χ0n) is 17.0. The van der Waals surface area contributed by atoms with Crippen molar-refractivity contribution in [1.29, 1.82) is 0 Å². The lowest BCUT2D eigenvalue weighted by molar-refractivity contribution is 0.200. The van der Waals surface area contributed by atoms with Gasteiger partial charge in [-0.2, -0.15) is 5.10 Å². The minimum absolute atomic E-state index is 0.449. The number of aryl methyl sites for hydroxylation is 1. The number of thiophene rings is 1. The maximum Gasteiger partial charge on any atom is 0.225 e. The van der Waals surface area contributed by atoms with Crippen molar-refractivity contribution < 1.29 is 0 Å². The average molecular weight is 409 g/mol. The van der Waals surface area contributed by atoms with Gasteiger partial charge in [-0.25, -0.2) is 9.97 Å². The molecule has 3 aromatic heterocycles. The molecule has 3 aromatic rings. The lowest BCUT2D eigenvalue weighted by Gasteiger charge is -2.32. The van der Waals surface area contributed by atoms with Crippen LogP contribution < -0.4 is 4.90 Å². The van der Waals surface area contributed by atoms with Crippen molar-refractivity contribution >= 4 is 17.3 Å². The van der Waals surface area contributed by atoms with Crippen molar-refractivity contribution in [3.63, 3.8) is 0 Å². The molecule has 0 radical (unpaired) electrons. The van der Waals surface area contributed by atoms with Crippen LogP contribution in [0.25, 0.3) is 11.3 Å². The van der Waals surface area contributed by atoms with Gasteiger partial charge in [0.1, 0.15) is 0 Å². The van der Waals surface area contributed by atoms with Gasteiger partial charge in [-0.05, 0) is 49.7 Å². The molecule has 0 N–H and O–H groups in total. The highest BCUT2D eigenvalue weighted by Crippen LogP contribution is 2.34. The van der Waals surface area contributed by atoms with Gasteiger partial charge >= 0.3 is 0 Å². The summed E-state index contributed by atoms with van der Waals surface area (Å²) >= 11 is 1.85. The van der Waals surface area contributed by atoms with Crippen LogP contribution in [-0.2, 0) is 13.6 Å². The largest absolute Gasteiger partial charge is 0.341 e. The topological polar surface area (TPSA) is 50.1 Å². The minimum Gasteiger partial charge on any atom is -0.341 e. The minimum atomic E-state index is 0.449. The fraction of sp³-hybridized carbons (Fsp3) is 0.500. The summed E-state index contributed by atoms with van der Waals surface area (Å²) in [6, 6.07) is 6.42. The fourth-order valence-corrected chi connectivity index (χ4v) is 5.36. The molecule has 0 aliphatic carbocycles. The predicted molar refractivity (Wildman–Crippen MR) is 117 cm³/mol. The Labute approximate surface area is 176 Å². The van der Waals surface area contributed by atoms with Gasteiger partial charge in [0.25, 0.3) is 0 Å². The van der Waals surface area contributed by atoms with Crippen LogP contribution in [0.1, 0.15) is 42.2 Å². The normalized spacial score (nSPS) is 20.4. The molecule has 2 aliphatic rings. The van der Waals surface area contributed by atoms with E-state index < -0.39 is 0 Å². The molecular weight excluding hydrogens is 380 g/mol. The summed E-state index contributed by atoms with van der Waals surface area (Å²) < 4.78 is 1.94. The monoisotopic (exact) mass is 408 g/mol. The van der Waals surface area contributed by atoms with Crippen LogP contribution >= 0.6 is 11.3 Å². The second-order valence-electron chi connectivity index (χ2n) is 8.19. The van der Waals surface area contributed by atoms with Gasteiger partial charge in [-0.3, -0.25) is 9.58 Å². The molecule has 2 fully saturated rings. The SMILES string of the molecule is Cn1cc(-c2ccnc(N3CCCC3)n2)c(C2CCCN(Cc3cccs3)C2)n1. The smallest absolute Gasteiger partial charge is 0.225 e. The highest BCUT2D eigenvalue weighted by atomic mass is 32.1. The van der Waals surface area contributed by atoms with E-state index in [-0.39, 0.29) is 0 Å². The molecule has 5 rings (SSSR count). The first-order valence-corrected chi connectivity index (χ1v) is 11.5. The van der Waals surface area contributed by atoms with Crippen LogP contribution in [0, 0.1) is 0 Å². The van der Waals surface area contributed by atoms with E-state index in [1.165, 1.54) is 48.4 Å². The molecule has 2 aliphatic heterocycles. The molecule has 0 bridgehead atoms. The highest BCUT2D eigenvalue weighted by Gasteiger charge is 2.27. The van der Waals surface area contributed by atoms with Crippen LogP contribution in [0.15, 0.2) is 36.0 Å². The number of nitrogens with zero attached hydrogens (tertiary/aromatic N) is 6. The van der Waals surface area contributed by atoms with E-state index in [4.69, 9.17) is 10.1 Å². The number of aromatic nitrogens is 4. The molecule has 2 saturated heterocycles. The Bertz CT molecular complexity index is 944. The van der Waals surface area contributed by atoms with Crippen molar-refractivity contribution in [2.45, 2.75) is 38.1 Å². The molecule has 0 amide bonds. The molecule has 5 heterocycles. The Morgan fingerprint density at radius 1 is 1.14 bits per heavy atom. The van der Waals surface area contributed by atoms with Crippen LogP contribution in [0.3, 0.4) is 0 Å². The Kier molecular flexibility index (Phi) is 5.33. The first-order chi connectivity index (χ1) is 14.3. The lowest BCUT2D eigenvalue weighted by atomic mass is 9.91. The van der Waals surface area contributed by atoms with Crippen molar-refractivity contribution in [2.75, 3.05) is 31.1 Å². The number of hydrogen-bond donors (Lipinski definition) is 0. The third-order valence-corrected chi connectivity index (χ3v) is 6.88. The van der Waals surface area contributed by atoms with Crippen LogP contribution in [-0.4, -0.2) is 50.8 Å². The first kappa shape index (κ1) is 18.8. The molecule has 152 valence electrons. The Morgan fingerprint density at radius 2 is 2.03 bits per heavy atom. The number of hydrogen-bond acceptors (Lipinski definition) is 6. The fourth-order valence-electron chi connectivity index (χ4n) is 4.62. The Hall–Kier alpha value is -2.25. The van der Waals surface area contributed by atoms with Crippen LogP contribution in [0.5, 0.6) is 0 Å². The van der Waals surface area contributed by atoms with Crippen LogP contribution in [0.4, 0.5) is 5.95 Å². The number of likely N-dealkylation sites (tertiary alicyclic amines) is 1. The maximum absolute atomic E-state index is 4.92. The van der Waals surface area contributed by atoms with E-state index in [0.717, 1.165) is 37.8 Å². The van der Waals surface area contributed by atoms with Gasteiger partial charge in [-0.15, -0.1) is 11.3 Å². The zero-order chi connectivity index (χ0) is 19.6. The van der Waals surface area contributed by atoms with Crippen molar-refractivity contribution in [2.24, 2.45) is 7.05 Å². The second-order valence-corrected chi connectivity index (χ2v) is 9.22. The molecule has 0 spiro atoms. The predicted octanol–water partition coefficient (Wildman–Crippen LogP) is 3.92. The van der Waals surface area contributed by atoms with E-state index >= 15 is 0 Å². The molecule has 0 aromatic carbocycles. The van der Waals surface area contributed by atoms with Gasteiger partial charge in [0.05, 0.1) is 11.4 Å². The molecule has 1 atom stereocenters. The zero-order valence-corrected chi connectivity index (χ0v) is 17.8. The molecular formula is C22H28N6S. The number of rotatable bonds is 5. The number of anilines is 1. The summed E-state index contributed by atoms with van der Waals surface area (Å²) in [5, 5.41) is 7.06. The molecule has 0 saturated carbocycles. The van der Waals surface area contributed by atoms with Gasteiger partial charge in [-0.1, -0.05) is 6.07 Å². The quantitative estimate of drug-likeness (QED) is 0.640. The Morgan fingerprint density at radius 3 is 2.86 bits per heavy atom. The van der Waals surface area contributed by atoms with Gasteiger partial charge in [0, 0.05) is 62.0 Å². The third kappa shape index (κ3) is 4.07. The summed E-state index contributed by atoms with van der Waals surface area (Å²) in [7, 11) is 2.02. The van der Waals surface area contributed by atoms with Crippen LogP contribution in [0.2, 0.25) is 0 Å². The molecule has 7 heteroatoms. The first-order valence-electron chi connectivity index (χ1n) is 10.6. The van der Waals surface area contributed by atoms with Gasteiger partial charge < -0.3 is 4.90 Å². The van der Waals surface area contributed by atoms with E-state index in [9.17, 15) is 0 Å². The average Bonchev–Trinajstić information content (AvgIpc) is 3.50. The van der Waals surface area contributed by atoms with Gasteiger partial charge in [0.15, 0.2) is 0 Å². The van der Waals surface area contributed by atoms with E-state index in [0.29, 0.717) is 5.92 Å². The van der Waals surface area contributed by atoms with Crippen molar-refractivity contribution in [1.82, 2.24) is 24.6 Å². The van der Waals surface area contributed by atoms with Crippen molar-refractivity contribution in [3.8, 4) is 11.3 Å². The standard InChI is InChI=1S/C22H28N6S/c1-26-16-19(20-8-9-23-22(24-20)28-11-2-3-12-28)21(25-26)17-6-4-10-27(14-17)15-18-7-5-13-29-18/h5,7-9,13,16-17H,2-4,6,10-12,14-15H2,1H3. The summed E-state index contributed by atoms with van der Waals surface area (Å²) in [6.07, 6.45) is 8.89. The van der Waals surface area contributed by atoms with E-state index in [1.54, 1.807) is 0 Å². The summed E-state index contributed by atoms with van der Waals surface area (Å²) in [5.74, 6) is 1.31. The summed E-state index contributed by atoms with van der Waals surface area (Å²) in [4.78, 5) is 15.8. The highest BCUT2D eigenvalue weighted by molar-refractivity contribution is 7.09. The molecule has 1 unspecified atom stereocenters. The summed E-state index contributed by atoms with van der Waals surface area (Å²) in [6.45, 7) is 5.39. The maximum atomic E-state index is 4.92. The van der Waals surface area contributed by atoms with Crippen molar-refractivity contribution in [3.05, 3.63) is 46.5 Å². The van der Waals surface area contributed by atoms with E-state index in [1.807, 2.05) is 35.3 Å². The molecule has 6 nitrogen and oxygen atoms in total. The number of piperidine rings is 1. The third-order valence-electron chi connectivity index (χ3n) is 6.02. The summed E-state index contributed by atoms with van der Waals surface area (Å²) in [5.41, 5.74) is 3.35. The second kappa shape index (κ2) is 8.24. The molecule has 29 heavy (non-hydrogen) atoms. The van der Waals surface area contributed by atoms with E-state index in [2.05, 4.69) is 38.5 Å².